The summed E-state index contributed by atoms with van der Waals surface area (Å²) >= 11 is 0. The zero-order valence-corrected chi connectivity index (χ0v) is 20.5. The molecular weight excluding hydrogens is 472 g/mol. The van der Waals surface area contributed by atoms with Gasteiger partial charge in [0.05, 0.1) is 37.3 Å². The summed E-state index contributed by atoms with van der Waals surface area (Å²) in [6.45, 7) is 5.91. The molecule has 0 radical (unpaired) electrons. The number of hydrogen-bond donors (Lipinski definition) is 3. The molecule has 0 saturated carbocycles. The van der Waals surface area contributed by atoms with Crippen molar-refractivity contribution >= 4 is 41.2 Å². The fourth-order valence-electron chi connectivity index (χ4n) is 3.74. The van der Waals surface area contributed by atoms with Crippen LogP contribution in [0.1, 0.15) is 60.7 Å². The maximum Gasteiger partial charge on any atom is 0.308 e. The zero-order chi connectivity index (χ0) is 26.5. The number of piperidine rings is 1. The van der Waals surface area contributed by atoms with Crippen molar-refractivity contribution in [3.8, 4) is 0 Å². The van der Waals surface area contributed by atoms with Gasteiger partial charge in [-0.3, -0.25) is 39.0 Å². The maximum atomic E-state index is 12.9. The van der Waals surface area contributed by atoms with E-state index >= 15 is 0 Å². The van der Waals surface area contributed by atoms with E-state index in [1.165, 1.54) is 12.1 Å². The first-order valence-electron chi connectivity index (χ1n) is 11.6. The topological polar surface area (TPSA) is 160 Å². The summed E-state index contributed by atoms with van der Waals surface area (Å²) in [7, 11) is 0. The van der Waals surface area contributed by atoms with Crippen molar-refractivity contribution in [3.05, 3.63) is 29.3 Å². The van der Waals surface area contributed by atoms with E-state index in [1.54, 1.807) is 26.8 Å². The number of rotatable bonds is 10. The average molecular weight is 503 g/mol. The molecule has 1 aromatic rings. The van der Waals surface area contributed by atoms with Crippen LogP contribution in [0.4, 0.5) is 5.69 Å². The minimum absolute atomic E-state index is 0.0422. The highest BCUT2D eigenvalue weighted by Crippen LogP contribution is 2.29. The molecule has 0 bridgehead atoms. The Bertz CT molecular complexity index is 1080. The molecule has 1 saturated heterocycles. The first-order chi connectivity index (χ1) is 17.0. The third-order valence-corrected chi connectivity index (χ3v) is 5.33. The second-order valence-electron chi connectivity index (χ2n) is 9.36. The lowest BCUT2D eigenvalue weighted by molar-refractivity contribution is -0.156. The first-order valence-corrected chi connectivity index (χ1v) is 11.6. The molecule has 3 rings (SSSR count). The number of amides is 5. The smallest absolute Gasteiger partial charge is 0.308 e. The highest BCUT2D eigenvalue weighted by Gasteiger charge is 2.44. The molecule has 5 amide bonds. The minimum atomic E-state index is -1.04. The summed E-state index contributed by atoms with van der Waals surface area (Å²) in [4.78, 5) is 73.7. The van der Waals surface area contributed by atoms with Gasteiger partial charge in [0, 0.05) is 18.7 Å². The second-order valence-corrected chi connectivity index (χ2v) is 9.36. The van der Waals surface area contributed by atoms with E-state index < -0.39 is 35.3 Å². The van der Waals surface area contributed by atoms with Gasteiger partial charge in [-0.25, -0.2) is 0 Å². The van der Waals surface area contributed by atoms with Gasteiger partial charge >= 0.3 is 5.97 Å². The van der Waals surface area contributed by atoms with E-state index in [-0.39, 0.29) is 68.6 Å². The summed E-state index contributed by atoms with van der Waals surface area (Å²) < 4.78 is 10.5. The lowest BCUT2D eigenvalue weighted by Crippen LogP contribution is -2.54. The minimum Gasteiger partial charge on any atom is -0.460 e. The Labute approximate surface area is 208 Å². The van der Waals surface area contributed by atoms with Crippen LogP contribution in [-0.2, 0) is 28.7 Å². The summed E-state index contributed by atoms with van der Waals surface area (Å²) in [6, 6.07) is 3.43. The summed E-state index contributed by atoms with van der Waals surface area (Å²) in [5.41, 5.74) is 0.174. The number of anilines is 1. The molecule has 0 aliphatic carbocycles. The van der Waals surface area contributed by atoms with E-state index in [9.17, 15) is 28.8 Å². The number of carbonyl (C=O) groups is 6. The Balaban J connectivity index is 1.42. The zero-order valence-electron chi connectivity index (χ0n) is 20.5. The quantitative estimate of drug-likeness (QED) is 0.233. The van der Waals surface area contributed by atoms with Crippen molar-refractivity contribution in [2.75, 3.05) is 31.6 Å². The van der Waals surface area contributed by atoms with Gasteiger partial charge in [-0.05, 0) is 45.4 Å². The fraction of sp³-hybridized carbons (Fsp3) is 0.500. The number of carbonyl (C=O) groups excluding carboxylic acids is 6. The molecule has 0 spiro atoms. The summed E-state index contributed by atoms with van der Waals surface area (Å²) in [5, 5.41) is 7.70. The SMILES string of the molecule is CC(C)(C)OC(=O)CCOCCNC(=O)CNc1ccc2c(c1)C(=O)N(C1CCC(=O)NC1=O)C2=O. The van der Waals surface area contributed by atoms with Crippen LogP contribution < -0.4 is 16.0 Å². The number of fused-ring (bicyclic) bond motifs is 1. The van der Waals surface area contributed by atoms with Crippen molar-refractivity contribution in [3.63, 3.8) is 0 Å². The van der Waals surface area contributed by atoms with Gasteiger partial charge in [0.15, 0.2) is 0 Å². The van der Waals surface area contributed by atoms with E-state index in [0.717, 1.165) is 4.90 Å². The van der Waals surface area contributed by atoms with Crippen molar-refractivity contribution < 1.29 is 38.2 Å². The molecule has 1 atom stereocenters. The number of ether oxygens (including phenoxy) is 2. The van der Waals surface area contributed by atoms with Crippen LogP contribution in [0.5, 0.6) is 0 Å². The van der Waals surface area contributed by atoms with Crippen LogP contribution in [-0.4, -0.2) is 78.4 Å². The number of nitrogens with one attached hydrogen (secondary N) is 3. The Morgan fingerprint density at radius 2 is 1.81 bits per heavy atom. The van der Waals surface area contributed by atoms with Crippen LogP contribution in [0.3, 0.4) is 0 Å². The predicted octanol–water partition coefficient (Wildman–Crippen LogP) is 0.364. The van der Waals surface area contributed by atoms with Crippen LogP contribution in [0.25, 0.3) is 0 Å². The van der Waals surface area contributed by atoms with Crippen molar-refractivity contribution in [1.29, 1.82) is 0 Å². The molecule has 1 aromatic carbocycles. The predicted molar refractivity (Wildman–Crippen MR) is 126 cm³/mol. The number of nitrogens with zero attached hydrogens (tertiary/aromatic N) is 1. The molecule has 1 fully saturated rings. The second kappa shape index (κ2) is 11.3. The maximum absolute atomic E-state index is 12.9. The Morgan fingerprint density at radius 3 is 2.50 bits per heavy atom. The molecule has 36 heavy (non-hydrogen) atoms. The van der Waals surface area contributed by atoms with Crippen LogP contribution in [0.2, 0.25) is 0 Å². The highest BCUT2D eigenvalue weighted by molar-refractivity contribution is 6.23. The number of esters is 1. The molecule has 194 valence electrons. The van der Waals surface area contributed by atoms with Crippen LogP contribution >= 0.6 is 0 Å². The summed E-state index contributed by atoms with van der Waals surface area (Å²) in [6.07, 6.45) is 0.236. The van der Waals surface area contributed by atoms with E-state index in [1.807, 2.05) is 0 Å². The van der Waals surface area contributed by atoms with Gasteiger partial charge in [0.1, 0.15) is 11.6 Å². The molecule has 12 nitrogen and oxygen atoms in total. The largest absolute Gasteiger partial charge is 0.460 e. The Kier molecular flexibility index (Phi) is 8.41. The highest BCUT2D eigenvalue weighted by atomic mass is 16.6. The normalized spacial score (nSPS) is 17.5. The van der Waals surface area contributed by atoms with E-state index in [2.05, 4.69) is 16.0 Å². The fourth-order valence-corrected chi connectivity index (χ4v) is 3.74. The van der Waals surface area contributed by atoms with Crippen molar-refractivity contribution in [1.82, 2.24) is 15.5 Å². The van der Waals surface area contributed by atoms with Gasteiger partial charge in [-0.2, -0.15) is 0 Å². The lowest BCUT2D eigenvalue weighted by atomic mass is 10.0. The summed E-state index contributed by atoms with van der Waals surface area (Å²) in [5.74, 6) is -3.01. The molecule has 2 aliphatic heterocycles. The third kappa shape index (κ3) is 6.87. The molecule has 12 heteroatoms. The van der Waals surface area contributed by atoms with Crippen molar-refractivity contribution in [2.45, 2.75) is 51.7 Å². The van der Waals surface area contributed by atoms with E-state index in [0.29, 0.717) is 5.69 Å². The number of hydrogen-bond acceptors (Lipinski definition) is 9. The molecule has 2 heterocycles. The molecular formula is C24H30N4O8. The molecule has 0 aromatic heterocycles. The lowest BCUT2D eigenvalue weighted by Gasteiger charge is -2.27. The molecule has 1 unspecified atom stereocenters. The third-order valence-electron chi connectivity index (χ3n) is 5.33. The van der Waals surface area contributed by atoms with Gasteiger partial charge in [0.25, 0.3) is 11.8 Å². The van der Waals surface area contributed by atoms with Gasteiger partial charge < -0.3 is 20.1 Å². The first kappa shape index (κ1) is 26.8. The number of benzene rings is 1. The standard InChI is InChI=1S/C24H30N4O8/c1-24(2,3)36-20(31)8-10-35-11-9-25-19(30)13-26-14-4-5-15-16(12-14)23(34)28(22(15)33)17-6-7-18(29)27-21(17)32/h4-5,12,17,26H,6-11,13H2,1-3H3,(H,25,30)(H,27,29,32). The van der Waals surface area contributed by atoms with Gasteiger partial charge in [0.2, 0.25) is 17.7 Å². The monoisotopic (exact) mass is 502 g/mol. The Hall–Kier alpha value is -3.80. The number of imide groups is 2. The van der Waals surface area contributed by atoms with Crippen LogP contribution in [0, 0.1) is 0 Å². The Morgan fingerprint density at radius 1 is 1.08 bits per heavy atom. The van der Waals surface area contributed by atoms with Gasteiger partial charge in [-0.15, -0.1) is 0 Å². The average Bonchev–Trinajstić information content (AvgIpc) is 3.03. The van der Waals surface area contributed by atoms with E-state index in [4.69, 9.17) is 9.47 Å². The van der Waals surface area contributed by atoms with Crippen LogP contribution in [0.15, 0.2) is 18.2 Å². The molecule has 3 N–H and O–H groups in total. The van der Waals surface area contributed by atoms with Gasteiger partial charge in [-0.1, -0.05) is 0 Å². The molecule has 2 aliphatic rings. The van der Waals surface area contributed by atoms with Crippen molar-refractivity contribution in [2.24, 2.45) is 0 Å².